The number of aromatic nitrogens is 4. The molecule has 6 heterocycles. The number of piperidine rings is 1. The average molecular weight is 485 g/mol. The normalized spacial score (nSPS) is 23.6. The predicted octanol–water partition coefficient (Wildman–Crippen LogP) is 2.61. The highest BCUT2D eigenvalue weighted by Gasteiger charge is 2.34. The summed E-state index contributed by atoms with van der Waals surface area (Å²) in [5.41, 5.74) is 3.15. The first-order valence-corrected chi connectivity index (χ1v) is 13.7. The molecule has 182 valence electrons. The van der Waals surface area contributed by atoms with Gasteiger partial charge in [0.05, 0.1) is 6.61 Å². The number of nitrogens with one attached hydrogen (secondary N) is 1. The van der Waals surface area contributed by atoms with Gasteiger partial charge >= 0.3 is 0 Å². The lowest BCUT2D eigenvalue weighted by molar-refractivity contribution is 0.0903. The van der Waals surface area contributed by atoms with Crippen molar-refractivity contribution in [2.45, 2.75) is 55.4 Å². The average Bonchev–Trinajstić information content (AvgIpc) is 3.60. The molecule has 0 aromatic carbocycles. The van der Waals surface area contributed by atoms with Crippen molar-refractivity contribution in [2.24, 2.45) is 7.05 Å². The Morgan fingerprint density at radius 3 is 2.71 bits per heavy atom. The summed E-state index contributed by atoms with van der Waals surface area (Å²) in [6.45, 7) is 4.05. The van der Waals surface area contributed by atoms with Crippen LogP contribution in [0.15, 0.2) is 17.0 Å². The van der Waals surface area contributed by atoms with Gasteiger partial charge < -0.3 is 24.2 Å². The molecule has 1 atom stereocenters. The summed E-state index contributed by atoms with van der Waals surface area (Å²) in [7, 11) is 2.03. The molecule has 0 spiro atoms. The van der Waals surface area contributed by atoms with Crippen LogP contribution < -0.4 is 10.2 Å². The molecule has 10 heteroatoms. The molecular weight excluding hydrogens is 452 g/mol. The Labute approximate surface area is 203 Å². The van der Waals surface area contributed by atoms with Gasteiger partial charge in [0.15, 0.2) is 5.82 Å². The molecule has 4 aliphatic heterocycles. The topological polar surface area (TPSA) is 100 Å². The smallest absolute Gasteiger partial charge is 0.227 e. The second-order valence-corrected chi connectivity index (χ2v) is 11.0. The van der Waals surface area contributed by atoms with E-state index in [-0.39, 0.29) is 0 Å². The molecule has 0 bridgehead atoms. The zero-order valence-electron chi connectivity index (χ0n) is 19.7. The summed E-state index contributed by atoms with van der Waals surface area (Å²) in [4.78, 5) is 12.9. The van der Waals surface area contributed by atoms with Crippen LogP contribution in [-0.4, -0.2) is 69.0 Å². The van der Waals surface area contributed by atoms with Gasteiger partial charge in [-0.25, -0.2) is 4.98 Å². The van der Waals surface area contributed by atoms with E-state index in [0.29, 0.717) is 17.7 Å². The van der Waals surface area contributed by atoms with E-state index in [0.717, 1.165) is 105 Å². The molecule has 0 aliphatic carbocycles. The van der Waals surface area contributed by atoms with E-state index < -0.39 is 11.2 Å². The van der Waals surface area contributed by atoms with E-state index in [1.807, 2.05) is 11.7 Å². The summed E-state index contributed by atoms with van der Waals surface area (Å²) in [5.74, 6) is 3.53. The van der Waals surface area contributed by atoms with Gasteiger partial charge in [-0.2, -0.15) is 10.1 Å². The third kappa shape index (κ3) is 4.27. The number of aryl methyl sites for hydroxylation is 2. The maximum Gasteiger partial charge on any atom is 0.227 e. The third-order valence-corrected chi connectivity index (χ3v) is 8.77. The lowest BCUT2D eigenvalue weighted by Crippen LogP contribution is -2.35. The first-order valence-electron chi connectivity index (χ1n) is 12.4. The first-order chi connectivity index (χ1) is 16.7. The van der Waals surface area contributed by atoms with Crippen LogP contribution in [0, 0.1) is 0 Å². The highest BCUT2D eigenvalue weighted by molar-refractivity contribution is 7.91. The summed E-state index contributed by atoms with van der Waals surface area (Å²) >= 11 is -1.02. The van der Waals surface area contributed by atoms with Crippen LogP contribution in [0.2, 0.25) is 0 Å². The number of fused-ring (bicyclic) bond motifs is 1. The van der Waals surface area contributed by atoms with Crippen LogP contribution in [0.5, 0.6) is 0 Å². The molecule has 1 unspecified atom stereocenters. The number of hydrogen-bond donors (Lipinski definition) is 1. The monoisotopic (exact) mass is 484 g/mol. The minimum absolute atomic E-state index is 0.307. The van der Waals surface area contributed by atoms with Crippen molar-refractivity contribution in [3.63, 3.8) is 0 Å². The molecule has 4 aliphatic rings. The van der Waals surface area contributed by atoms with Crippen molar-refractivity contribution in [2.75, 3.05) is 48.9 Å². The van der Waals surface area contributed by atoms with Crippen LogP contribution in [0.3, 0.4) is 0 Å². The maximum absolute atomic E-state index is 12.7. The number of ether oxygens (including phenoxy) is 2. The quantitative estimate of drug-likeness (QED) is 0.647. The van der Waals surface area contributed by atoms with Crippen LogP contribution in [0.25, 0.3) is 5.76 Å². The fourth-order valence-corrected chi connectivity index (χ4v) is 6.73. The summed E-state index contributed by atoms with van der Waals surface area (Å²) in [5, 5.41) is 8.28. The number of nitrogens with zero attached hydrogens (tertiary/aromatic N) is 5. The minimum Gasteiger partial charge on any atom is -0.611 e. The van der Waals surface area contributed by atoms with Crippen molar-refractivity contribution in [1.29, 1.82) is 0 Å². The summed E-state index contributed by atoms with van der Waals surface area (Å²) in [6, 6.07) is 2.50. The van der Waals surface area contributed by atoms with Crippen molar-refractivity contribution >= 4 is 28.7 Å². The highest BCUT2D eigenvalue weighted by Crippen LogP contribution is 2.36. The van der Waals surface area contributed by atoms with Gasteiger partial charge in [0, 0.05) is 63.8 Å². The SMILES string of the molecule is Cn1nc(C2=CCCO2)cc1C1CCN(c2nc3c(c(NC4CCOCC4)n2)[S+]([O-])CC3)CC1. The molecule has 0 amide bonds. The standard InChI is InChI=1S/C24H32N6O3S/c1-29-20(15-19(28-29)21-3-2-11-33-21)16-4-9-30(10-5-16)24-26-18-8-14-34(31)22(18)23(27-24)25-17-6-12-32-13-7-17/h3,15-17H,2,4-14H2,1H3,(H,25,26,27). The number of hydrogen-bond acceptors (Lipinski definition) is 8. The lowest BCUT2D eigenvalue weighted by atomic mass is 9.93. The van der Waals surface area contributed by atoms with Crippen LogP contribution in [0.1, 0.15) is 55.1 Å². The molecular formula is C24H32N6O3S. The van der Waals surface area contributed by atoms with Gasteiger partial charge in [-0.1, -0.05) is 0 Å². The van der Waals surface area contributed by atoms with Crippen molar-refractivity contribution in [3.8, 4) is 0 Å². The molecule has 6 rings (SSSR count). The molecule has 2 aromatic heterocycles. The van der Waals surface area contributed by atoms with Crippen molar-refractivity contribution in [3.05, 3.63) is 29.2 Å². The Morgan fingerprint density at radius 1 is 1.12 bits per heavy atom. The fraction of sp³-hybridized carbons (Fsp3) is 0.625. The molecule has 2 aromatic rings. The summed E-state index contributed by atoms with van der Waals surface area (Å²) < 4.78 is 25.9. The molecule has 1 N–H and O–H groups in total. The number of rotatable bonds is 5. The Morgan fingerprint density at radius 2 is 1.94 bits per heavy atom. The molecule has 0 saturated carbocycles. The lowest BCUT2D eigenvalue weighted by Gasteiger charge is -2.32. The zero-order valence-corrected chi connectivity index (χ0v) is 20.5. The van der Waals surface area contributed by atoms with E-state index in [1.165, 1.54) is 5.69 Å². The molecule has 2 fully saturated rings. The second kappa shape index (κ2) is 9.39. The summed E-state index contributed by atoms with van der Waals surface area (Å²) in [6.07, 6.45) is 7.77. The predicted molar refractivity (Wildman–Crippen MR) is 130 cm³/mol. The van der Waals surface area contributed by atoms with E-state index in [9.17, 15) is 4.55 Å². The highest BCUT2D eigenvalue weighted by atomic mass is 32.2. The van der Waals surface area contributed by atoms with Gasteiger partial charge in [0.2, 0.25) is 10.8 Å². The first kappa shape index (κ1) is 22.2. The minimum atomic E-state index is -1.02. The largest absolute Gasteiger partial charge is 0.611 e. The van der Waals surface area contributed by atoms with Crippen LogP contribution >= 0.6 is 0 Å². The van der Waals surface area contributed by atoms with Gasteiger partial charge in [0.1, 0.15) is 22.9 Å². The second-order valence-electron chi connectivity index (χ2n) is 9.52. The van der Waals surface area contributed by atoms with Gasteiger partial charge in [-0.15, -0.1) is 0 Å². The molecule has 34 heavy (non-hydrogen) atoms. The number of anilines is 2. The van der Waals surface area contributed by atoms with Crippen LogP contribution in [-0.2, 0) is 34.1 Å². The Kier molecular flexibility index (Phi) is 6.13. The Bertz CT molecular complexity index is 1070. The Hall–Kier alpha value is -2.30. The van der Waals surface area contributed by atoms with E-state index in [4.69, 9.17) is 24.5 Å². The Balaban J connectivity index is 1.18. The molecule has 0 radical (unpaired) electrons. The fourth-order valence-electron chi connectivity index (χ4n) is 5.41. The van der Waals surface area contributed by atoms with Crippen LogP contribution in [0.4, 0.5) is 11.8 Å². The van der Waals surface area contributed by atoms with Gasteiger partial charge in [0.25, 0.3) is 0 Å². The van der Waals surface area contributed by atoms with E-state index >= 15 is 0 Å². The van der Waals surface area contributed by atoms with Crippen molar-refractivity contribution < 1.29 is 14.0 Å². The van der Waals surface area contributed by atoms with E-state index in [1.54, 1.807) is 0 Å². The third-order valence-electron chi connectivity index (χ3n) is 7.31. The zero-order chi connectivity index (χ0) is 23.1. The van der Waals surface area contributed by atoms with Gasteiger partial charge in [-0.05, 0) is 49.0 Å². The molecule has 9 nitrogen and oxygen atoms in total. The molecule has 2 saturated heterocycles. The van der Waals surface area contributed by atoms with Gasteiger partial charge in [-0.3, -0.25) is 4.68 Å². The van der Waals surface area contributed by atoms with E-state index in [2.05, 4.69) is 22.4 Å². The van der Waals surface area contributed by atoms with Crippen molar-refractivity contribution in [1.82, 2.24) is 19.7 Å². The maximum atomic E-state index is 12.7.